The number of rotatable bonds is 10. The van der Waals surface area contributed by atoms with Gasteiger partial charge in [-0.25, -0.2) is 4.98 Å². The van der Waals surface area contributed by atoms with E-state index in [0.717, 1.165) is 11.3 Å². The van der Waals surface area contributed by atoms with E-state index in [0.29, 0.717) is 58.4 Å². The van der Waals surface area contributed by atoms with Crippen molar-refractivity contribution in [2.24, 2.45) is 5.41 Å². The van der Waals surface area contributed by atoms with Crippen molar-refractivity contribution in [1.29, 1.82) is 0 Å². The molecule has 0 aliphatic heterocycles. The number of nitrogens with one attached hydrogen (secondary N) is 2. The summed E-state index contributed by atoms with van der Waals surface area (Å²) in [5.41, 5.74) is 2.24. The minimum atomic E-state index is -0.962. The first-order chi connectivity index (χ1) is 18.8. The van der Waals surface area contributed by atoms with Crippen LogP contribution < -0.4 is 24.8 Å². The van der Waals surface area contributed by atoms with Crippen molar-refractivity contribution in [3.05, 3.63) is 72.1 Å². The highest BCUT2D eigenvalue weighted by Gasteiger charge is 2.55. The molecule has 0 unspecified atom stereocenters. The minimum Gasteiger partial charge on any atom is -0.493 e. The van der Waals surface area contributed by atoms with E-state index >= 15 is 0 Å². The molecule has 2 N–H and O–H groups in total. The van der Waals surface area contributed by atoms with Crippen LogP contribution in [0.4, 0.5) is 11.4 Å². The fourth-order valence-electron chi connectivity index (χ4n) is 4.37. The number of benzene rings is 3. The molecule has 9 heteroatoms. The Morgan fingerprint density at radius 1 is 0.872 bits per heavy atom. The van der Waals surface area contributed by atoms with Gasteiger partial charge in [-0.2, -0.15) is 4.98 Å². The first-order valence-corrected chi connectivity index (χ1v) is 12.6. The molecule has 4 aromatic rings. The molecule has 1 aromatic heterocycles. The number of fused-ring (bicyclic) bond motifs is 1. The normalized spacial score (nSPS) is 13.4. The van der Waals surface area contributed by atoms with Crippen LogP contribution in [0.2, 0.25) is 0 Å². The summed E-state index contributed by atoms with van der Waals surface area (Å²) >= 11 is 0. The SMILES string of the molecule is COc1cc2nc(C)nc(Oc3ccc(NCC(=O)C4(C(=O)Nc5ccc(C)cc5)CC4)cc3)c2cc1OC. The number of carbonyl (C=O) groups excluding carboxylic acids is 2. The lowest BCUT2D eigenvalue weighted by Crippen LogP contribution is -2.35. The molecule has 0 saturated heterocycles. The summed E-state index contributed by atoms with van der Waals surface area (Å²) in [5, 5.41) is 6.70. The van der Waals surface area contributed by atoms with Crippen molar-refractivity contribution in [3.63, 3.8) is 0 Å². The Hall–Kier alpha value is -4.66. The molecule has 1 aliphatic rings. The number of aromatic nitrogens is 2. The second kappa shape index (κ2) is 10.6. The maximum absolute atomic E-state index is 13.0. The molecule has 1 amide bonds. The predicted molar refractivity (Wildman–Crippen MR) is 149 cm³/mol. The molecule has 9 nitrogen and oxygen atoms in total. The number of Topliss-reactive ketones (excluding diaryl/α,β-unsaturated/α-hetero) is 1. The number of aryl methyl sites for hydroxylation is 2. The molecule has 1 fully saturated rings. The highest BCUT2D eigenvalue weighted by Crippen LogP contribution is 2.47. The monoisotopic (exact) mass is 526 g/mol. The number of ketones is 1. The first kappa shape index (κ1) is 26.0. The summed E-state index contributed by atoms with van der Waals surface area (Å²) in [6.45, 7) is 3.83. The fourth-order valence-corrected chi connectivity index (χ4v) is 4.37. The van der Waals surface area contributed by atoms with Gasteiger partial charge in [-0.1, -0.05) is 17.7 Å². The summed E-state index contributed by atoms with van der Waals surface area (Å²) < 4.78 is 16.9. The topological polar surface area (TPSA) is 112 Å². The third kappa shape index (κ3) is 5.47. The van der Waals surface area contributed by atoms with E-state index in [-0.39, 0.29) is 18.2 Å². The van der Waals surface area contributed by atoms with Gasteiger partial charge in [0.2, 0.25) is 11.8 Å². The van der Waals surface area contributed by atoms with E-state index in [1.807, 2.05) is 43.3 Å². The van der Waals surface area contributed by atoms with Crippen LogP contribution in [0, 0.1) is 19.3 Å². The Labute approximate surface area is 226 Å². The van der Waals surface area contributed by atoms with E-state index in [1.54, 1.807) is 45.4 Å². The molecule has 39 heavy (non-hydrogen) atoms. The van der Waals surface area contributed by atoms with Crippen molar-refractivity contribution >= 4 is 34.0 Å². The van der Waals surface area contributed by atoms with Gasteiger partial charge in [0.1, 0.15) is 17.0 Å². The van der Waals surface area contributed by atoms with E-state index in [1.165, 1.54) is 0 Å². The number of ether oxygens (including phenoxy) is 3. The molecule has 0 radical (unpaired) electrons. The van der Waals surface area contributed by atoms with Gasteiger partial charge in [0.05, 0.1) is 31.7 Å². The predicted octanol–water partition coefficient (Wildman–Crippen LogP) is 5.46. The standard InChI is InChI=1S/C30H30N4O5/c1-18-5-7-21(8-6-18)34-29(36)30(13-14-30)27(35)17-31-20-9-11-22(12-10-20)39-28-23-15-25(37-3)26(38-4)16-24(23)32-19(2)33-28/h5-12,15-16,31H,13-14,17H2,1-4H3,(H,34,36). The molecule has 0 bridgehead atoms. The molecule has 1 heterocycles. The maximum atomic E-state index is 13.0. The fraction of sp³-hybridized carbons (Fsp3) is 0.267. The van der Waals surface area contributed by atoms with Crippen LogP contribution in [-0.4, -0.2) is 42.4 Å². The summed E-state index contributed by atoms with van der Waals surface area (Å²) in [6, 6.07) is 18.3. The van der Waals surface area contributed by atoms with Crippen molar-refractivity contribution in [1.82, 2.24) is 9.97 Å². The zero-order valence-corrected chi connectivity index (χ0v) is 22.3. The lowest BCUT2D eigenvalue weighted by Gasteiger charge is -2.16. The zero-order chi connectivity index (χ0) is 27.6. The van der Waals surface area contributed by atoms with Gasteiger partial charge in [-0.05, 0) is 69.2 Å². The van der Waals surface area contributed by atoms with Crippen molar-refractivity contribution in [3.8, 4) is 23.1 Å². The summed E-state index contributed by atoms with van der Waals surface area (Å²) in [5.74, 6) is 2.26. The van der Waals surface area contributed by atoms with E-state index in [9.17, 15) is 9.59 Å². The average Bonchev–Trinajstić information content (AvgIpc) is 3.75. The number of anilines is 2. The number of carbonyl (C=O) groups is 2. The molecular formula is C30H30N4O5. The molecule has 0 spiro atoms. The highest BCUT2D eigenvalue weighted by atomic mass is 16.5. The van der Waals surface area contributed by atoms with E-state index < -0.39 is 5.41 Å². The molecule has 200 valence electrons. The Morgan fingerprint density at radius 2 is 1.51 bits per heavy atom. The first-order valence-electron chi connectivity index (χ1n) is 12.6. The third-order valence-corrected chi connectivity index (χ3v) is 6.83. The second-order valence-corrected chi connectivity index (χ2v) is 9.61. The van der Waals surface area contributed by atoms with Crippen molar-refractivity contribution in [2.45, 2.75) is 26.7 Å². The quantitative estimate of drug-likeness (QED) is 0.262. The summed E-state index contributed by atoms with van der Waals surface area (Å²) in [7, 11) is 3.14. The van der Waals surface area contributed by atoms with Crippen LogP contribution in [0.1, 0.15) is 24.2 Å². The van der Waals surface area contributed by atoms with Crippen molar-refractivity contribution < 1.29 is 23.8 Å². The van der Waals surface area contributed by atoms with Gasteiger partial charge in [0.15, 0.2) is 17.3 Å². The average molecular weight is 527 g/mol. The molecule has 5 rings (SSSR count). The number of methoxy groups -OCH3 is 2. The highest BCUT2D eigenvalue weighted by molar-refractivity contribution is 6.14. The number of hydrogen-bond acceptors (Lipinski definition) is 8. The molecule has 0 atom stereocenters. The Morgan fingerprint density at radius 3 is 2.15 bits per heavy atom. The number of hydrogen-bond donors (Lipinski definition) is 2. The van der Waals surface area contributed by atoms with Gasteiger partial charge in [-0.3, -0.25) is 9.59 Å². The lowest BCUT2D eigenvalue weighted by atomic mass is 9.99. The van der Waals surface area contributed by atoms with Crippen molar-refractivity contribution in [2.75, 3.05) is 31.4 Å². The van der Waals surface area contributed by atoms with Crippen LogP contribution in [0.25, 0.3) is 10.9 Å². The smallest absolute Gasteiger partial charge is 0.238 e. The summed E-state index contributed by atoms with van der Waals surface area (Å²) in [4.78, 5) is 34.8. The summed E-state index contributed by atoms with van der Waals surface area (Å²) in [6.07, 6.45) is 1.11. The molecule has 1 aliphatic carbocycles. The Kier molecular flexibility index (Phi) is 7.06. The van der Waals surface area contributed by atoms with Gasteiger partial charge in [0.25, 0.3) is 0 Å². The Bertz CT molecular complexity index is 1530. The van der Waals surface area contributed by atoms with Crippen LogP contribution in [0.15, 0.2) is 60.7 Å². The van der Waals surface area contributed by atoms with E-state index in [2.05, 4.69) is 20.6 Å². The van der Waals surface area contributed by atoms with Crippen LogP contribution in [0.3, 0.4) is 0 Å². The van der Waals surface area contributed by atoms with Gasteiger partial charge < -0.3 is 24.8 Å². The number of amides is 1. The molecular weight excluding hydrogens is 496 g/mol. The maximum Gasteiger partial charge on any atom is 0.238 e. The van der Waals surface area contributed by atoms with Gasteiger partial charge >= 0.3 is 0 Å². The molecule has 1 saturated carbocycles. The Balaban J connectivity index is 1.23. The molecule has 3 aromatic carbocycles. The third-order valence-electron chi connectivity index (χ3n) is 6.83. The minimum absolute atomic E-state index is 0.0545. The van der Waals surface area contributed by atoms with Gasteiger partial charge in [-0.15, -0.1) is 0 Å². The van der Waals surface area contributed by atoms with Crippen LogP contribution in [-0.2, 0) is 9.59 Å². The zero-order valence-electron chi connectivity index (χ0n) is 22.3. The second-order valence-electron chi connectivity index (χ2n) is 9.61. The van der Waals surface area contributed by atoms with Crippen LogP contribution in [0.5, 0.6) is 23.1 Å². The number of nitrogens with zero attached hydrogens (tertiary/aromatic N) is 2. The van der Waals surface area contributed by atoms with Gasteiger partial charge in [0, 0.05) is 17.4 Å². The van der Waals surface area contributed by atoms with E-state index in [4.69, 9.17) is 14.2 Å². The van der Waals surface area contributed by atoms with Crippen LogP contribution >= 0.6 is 0 Å². The lowest BCUT2D eigenvalue weighted by molar-refractivity contribution is -0.131. The largest absolute Gasteiger partial charge is 0.493 e.